The quantitative estimate of drug-likeness (QED) is 0.920. The molecule has 2 N–H and O–H groups in total. The van der Waals surface area contributed by atoms with E-state index >= 15 is 0 Å². The van der Waals surface area contributed by atoms with E-state index in [0.29, 0.717) is 12.2 Å². The first kappa shape index (κ1) is 13.6. The van der Waals surface area contributed by atoms with Gasteiger partial charge < -0.3 is 15.0 Å². The van der Waals surface area contributed by atoms with Crippen LogP contribution in [0.4, 0.5) is 0 Å². The Hall–Kier alpha value is -2.37. The number of nitrogens with two attached hydrogens (primary N) is 1. The molecule has 2 amide bonds. The third kappa shape index (κ3) is 2.74. The Labute approximate surface area is 122 Å². The van der Waals surface area contributed by atoms with Crippen LogP contribution in [0.3, 0.4) is 0 Å². The van der Waals surface area contributed by atoms with E-state index in [1.165, 1.54) is 0 Å². The first-order chi connectivity index (χ1) is 10.1. The van der Waals surface area contributed by atoms with E-state index in [-0.39, 0.29) is 24.3 Å². The van der Waals surface area contributed by atoms with Crippen LogP contribution >= 0.6 is 0 Å². The number of hydrogen-bond acceptors (Lipinski definition) is 3. The van der Waals surface area contributed by atoms with Crippen molar-refractivity contribution in [2.45, 2.75) is 31.7 Å². The van der Waals surface area contributed by atoms with Crippen LogP contribution in [0.5, 0.6) is 0 Å². The van der Waals surface area contributed by atoms with Gasteiger partial charge in [0.2, 0.25) is 5.91 Å². The highest BCUT2D eigenvalue weighted by Gasteiger charge is 2.29. The highest BCUT2D eigenvalue weighted by Crippen LogP contribution is 2.21. The molecule has 6 heteroatoms. The number of aromatic nitrogens is 2. The van der Waals surface area contributed by atoms with Crippen molar-refractivity contribution in [2.75, 3.05) is 6.54 Å². The number of carbonyl (C=O) groups excluding carboxylic acids is 2. The van der Waals surface area contributed by atoms with E-state index in [4.69, 9.17) is 5.73 Å². The molecule has 0 radical (unpaired) electrons. The van der Waals surface area contributed by atoms with Crippen molar-refractivity contribution in [1.29, 1.82) is 0 Å². The molecule has 0 aromatic carbocycles. The van der Waals surface area contributed by atoms with E-state index in [1.54, 1.807) is 11.1 Å². The van der Waals surface area contributed by atoms with Crippen LogP contribution in [-0.4, -0.2) is 38.7 Å². The summed E-state index contributed by atoms with van der Waals surface area (Å²) in [5.74, 6) is -0.487. The van der Waals surface area contributed by atoms with Gasteiger partial charge in [0.1, 0.15) is 11.3 Å². The highest BCUT2D eigenvalue weighted by atomic mass is 16.2. The smallest absolute Gasteiger partial charge is 0.274 e. The van der Waals surface area contributed by atoms with Crippen molar-refractivity contribution in [1.82, 2.24) is 14.3 Å². The van der Waals surface area contributed by atoms with Crippen LogP contribution in [0.15, 0.2) is 30.6 Å². The average molecular weight is 286 g/mol. The van der Waals surface area contributed by atoms with Gasteiger partial charge in [0.05, 0.1) is 0 Å². The molecule has 6 nitrogen and oxygen atoms in total. The molecule has 3 heterocycles. The molecule has 2 aromatic heterocycles. The lowest BCUT2D eigenvalue weighted by Gasteiger charge is -2.34. The molecular formula is C15H18N4O2. The molecule has 1 saturated heterocycles. The minimum Gasteiger partial charge on any atom is -0.370 e. The maximum atomic E-state index is 12.7. The number of hydrogen-bond donors (Lipinski definition) is 1. The minimum atomic E-state index is -0.366. The zero-order valence-electron chi connectivity index (χ0n) is 11.7. The molecule has 1 aliphatic heterocycles. The van der Waals surface area contributed by atoms with Crippen molar-refractivity contribution in [3.05, 3.63) is 36.3 Å². The molecule has 0 saturated carbocycles. The van der Waals surface area contributed by atoms with E-state index in [0.717, 1.165) is 24.9 Å². The second kappa shape index (κ2) is 5.55. The number of carbonyl (C=O) groups is 2. The third-order valence-corrected chi connectivity index (χ3v) is 3.91. The van der Waals surface area contributed by atoms with E-state index in [2.05, 4.69) is 4.98 Å². The lowest BCUT2D eigenvalue weighted by Crippen LogP contribution is -2.45. The highest BCUT2D eigenvalue weighted by molar-refractivity contribution is 5.93. The maximum absolute atomic E-state index is 12.7. The van der Waals surface area contributed by atoms with Crippen LogP contribution in [0, 0.1) is 0 Å². The van der Waals surface area contributed by atoms with Gasteiger partial charge in [-0.2, -0.15) is 0 Å². The average Bonchev–Trinajstić information content (AvgIpc) is 2.90. The van der Waals surface area contributed by atoms with Gasteiger partial charge in [-0.15, -0.1) is 0 Å². The number of likely N-dealkylation sites (tertiary alicyclic amines) is 1. The van der Waals surface area contributed by atoms with Crippen LogP contribution in [0.25, 0.3) is 5.65 Å². The standard InChI is InChI=1S/C15H18N4O2/c16-13(20)9-11-5-1-4-8-19(11)15(21)12-10-18-7-3-2-6-14(18)17-12/h2-3,6-7,10-11H,1,4-5,8-9H2,(H2,16,20). The van der Waals surface area contributed by atoms with Gasteiger partial charge in [-0.1, -0.05) is 6.07 Å². The first-order valence-corrected chi connectivity index (χ1v) is 7.18. The van der Waals surface area contributed by atoms with Gasteiger partial charge in [0.25, 0.3) is 5.91 Å². The summed E-state index contributed by atoms with van der Waals surface area (Å²) in [7, 11) is 0. The van der Waals surface area contributed by atoms with Crippen LogP contribution in [-0.2, 0) is 4.79 Å². The SMILES string of the molecule is NC(=O)CC1CCCCN1C(=O)c1cn2ccccc2n1. The summed E-state index contributed by atoms with van der Waals surface area (Å²) in [4.78, 5) is 29.9. The Bertz CT molecular complexity index is 646. The number of imidazole rings is 1. The van der Waals surface area contributed by atoms with Crippen molar-refractivity contribution >= 4 is 17.5 Å². The number of nitrogens with zero attached hydrogens (tertiary/aromatic N) is 3. The fourth-order valence-electron chi connectivity index (χ4n) is 2.90. The summed E-state index contributed by atoms with van der Waals surface area (Å²) in [6.45, 7) is 0.657. The van der Waals surface area contributed by atoms with E-state index in [9.17, 15) is 9.59 Å². The predicted octanol–water partition coefficient (Wildman–Crippen LogP) is 1.20. The molecular weight excluding hydrogens is 268 g/mol. The second-order valence-electron chi connectivity index (χ2n) is 5.41. The first-order valence-electron chi connectivity index (χ1n) is 7.18. The zero-order valence-corrected chi connectivity index (χ0v) is 11.7. The van der Waals surface area contributed by atoms with Crippen molar-refractivity contribution in [2.24, 2.45) is 5.73 Å². The van der Waals surface area contributed by atoms with Crippen LogP contribution in [0.2, 0.25) is 0 Å². The molecule has 3 rings (SSSR count). The van der Waals surface area contributed by atoms with Crippen LogP contribution in [0.1, 0.15) is 36.2 Å². The van der Waals surface area contributed by atoms with Gasteiger partial charge in [-0.25, -0.2) is 4.98 Å². The summed E-state index contributed by atoms with van der Waals surface area (Å²) in [6.07, 6.45) is 6.60. The number of fused-ring (bicyclic) bond motifs is 1. The molecule has 1 fully saturated rings. The summed E-state index contributed by atoms with van der Waals surface area (Å²) >= 11 is 0. The number of pyridine rings is 1. The Morgan fingerprint density at radius 1 is 1.33 bits per heavy atom. The fourth-order valence-corrected chi connectivity index (χ4v) is 2.90. The summed E-state index contributed by atoms with van der Waals surface area (Å²) in [5, 5.41) is 0. The summed E-state index contributed by atoms with van der Waals surface area (Å²) in [5.41, 5.74) is 6.44. The normalized spacial score (nSPS) is 18.9. The zero-order chi connectivity index (χ0) is 14.8. The number of piperidine rings is 1. The monoisotopic (exact) mass is 286 g/mol. The Morgan fingerprint density at radius 3 is 2.95 bits per heavy atom. The minimum absolute atomic E-state index is 0.103. The Kier molecular flexibility index (Phi) is 3.60. The molecule has 1 aliphatic rings. The second-order valence-corrected chi connectivity index (χ2v) is 5.41. The van der Waals surface area contributed by atoms with Gasteiger partial charge in [-0.3, -0.25) is 9.59 Å². The van der Waals surface area contributed by atoms with E-state index < -0.39 is 0 Å². The number of primary amides is 1. The van der Waals surface area contributed by atoms with Gasteiger partial charge in [0.15, 0.2) is 0 Å². The van der Waals surface area contributed by atoms with Crippen LogP contribution < -0.4 is 5.73 Å². The molecule has 0 spiro atoms. The lowest BCUT2D eigenvalue weighted by atomic mass is 9.98. The van der Waals surface area contributed by atoms with Crippen molar-refractivity contribution < 1.29 is 9.59 Å². The van der Waals surface area contributed by atoms with Gasteiger partial charge >= 0.3 is 0 Å². The molecule has 1 unspecified atom stereocenters. The number of amides is 2. The number of rotatable bonds is 3. The van der Waals surface area contributed by atoms with Gasteiger partial charge in [-0.05, 0) is 31.4 Å². The van der Waals surface area contributed by atoms with Crippen molar-refractivity contribution in [3.8, 4) is 0 Å². The summed E-state index contributed by atoms with van der Waals surface area (Å²) < 4.78 is 1.82. The summed E-state index contributed by atoms with van der Waals surface area (Å²) in [6, 6.07) is 5.52. The molecule has 2 aromatic rings. The molecule has 1 atom stereocenters. The molecule has 0 bridgehead atoms. The maximum Gasteiger partial charge on any atom is 0.274 e. The Balaban J connectivity index is 1.86. The topological polar surface area (TPSA) is 80.7 Å². The van der Waals surface area contributed by atoms with E-state index in [1.807, 2.05) is 28.8 Å². The van der Waals surface area contributed by atoms with Gasteiger partial charge in [0, 0.05) is 31.4 Å². The molecule has 0 aliphatic carbocycles. The predicted molar refractivity (Wildman–Crippen MR) is 77.7 cm³/mol. The molecule has 21 heavy (non-hydrogen) atoms. The lowest BCUT2D eigenvalue weighted by molar-refractivity contribution is -0.119. The molecule has 110 valence electrons. The third-order valence-electron chi connectivity index (χ3n) is 3.91. The fraction of sp³-hybridized carbons (Fsp3) is 0.400. The Morgan fingerprint density at radius 2 is 2.19 bits per heavy atom. The largest absolute Gasteiger partial charge is 0.370 e. The van der Waals surface area contributed by atoms with Crippen molar-refractivity contribution in [3.63, 3.8) is 0 Å².